The summed E-state index contributed by atoms with van der Waals surface area (Å²) in [6.07, 6.45) is 1.03. The summed E-state index contributed by atoms with van der Waals surface area (Å²) in [6, 6.07) is 11.6. The van der Waals surface area contributed by atoms with E-state index in [-0.39, 0.29) is 11.8 Å². The molecule has 1 saturated heterocycles. The molecule has 1 atom stereocenters. The van der Waals surface area contributed by atoms with Crippen LogP contribution in [0.1, 0.15) is 35.9 Å². The minimum absolute atomic E-state index is 0.0464. The van der Waals surface area contributed by atoms with Crippen LogP contribution in [0.25, 0.3) is 0 Å². The van der Waals surface area contributed by atoms with Crippen molar-refractivity contribution in [2.75, 3.05) is 18.1 Å². The molecule has 0 bridgehead atoms. The van der Waals surface area contributed by atoms with E-state index in [1.54, 1.807) is 16.2 Å². The number of hydrogen-bond acceptors (Lipinski definition) is 6. The second kappa shape index (κ2) is 7.29. The summed E-state index contributed by atoms with van der Waals surface area (Å²) >= 11 is 1.66. The maximum absolute atomic E-state index is 12.4. The molecule has 3 heterocycles. The van der Waals surface area contributed by atoms with Gasteiger partial charge in [0.15, 0.2) is 5.82 Å². The number of ether oxygens (including phenoxy) is 1. The number of carbonyl (C=O) groups excluding carboxylic acids is 1. The zero-order valence-corrected chi connectivity index (χ0v) is 15.2. The minimum atomic E-state index is -0.0464. The quantitative estimate of drug-likeness (QED) is 0.663. The van der Waals surface area contributed by atoms with Crippen LogP contribution in [0.15, 0.2) is 46.3 Å². The molecule has 1 aliphatic heterocycles. The lowest BCUT2D eigenvalue weighted by atomic mass is 10.1. The Morgan fingerprint density at radius 3 is 2.88 bits per heavy atom. The van der Waals surface area contributed by atoms with E-state index >= 15 is 0 Å². The maximum atomic E-state index is 12.4. The normalized spacial score (nSPS) is 17.0. The molecule has 1 amide bonds. The fourth-order valence-corrected chi connectivity index (χ4v) is 3.78. The van der Waals surface area contributed by atoms with Crippen molar-refractivity contribution >= 4 is 22.9 Å². The lowest BCUT2D eigenvalue weighted by Gasteiger charge is -2.16. The number of rotatable bonds is 6. The molecule has 7 heteroatoms. The van der Waals surface area contributed by atoms with Gasteiger partial charge in [-0.2, -0.15) is 4.98 Å². The largest absolute Gasteiger partial charge is 0.494 e. The molecule has 6 nitrogen and oxygen atoms in total. The Morgan fingerprint density at radius 1 is 1.31 bits per heavy atom. The number of benzene rings is 1. The molecule has 0 radical (unpaired) electrons. The summed E-state index contributed by atoms with van der Waals surface area (Å²) in [5.74, 6) is 2.03. The standard InChI is InChI=1S/C19H19N3O3S/c1-2-24-15-7-5-14(6-8-15)22-12-13(10-18(22)23)19-20-17(25-21-19)11-16-4-3-9-26-16/h3-9,13H,2,10-12H2,1H3. The van der Waals surface area contributed by atoms with Gasteiger partial charge in [-0.25, -0.2) is 0 Å². The summed E-state index contributed by atoms with van der Waals surface area (Å²) in [7, 11) is 0. The predicted octanol–water partition coefficient (Wildman–Crippen LogP) is 3.64. The number of carbonyl (C=O) groups is 1. The highest BCUT2D eigenvalue weighted by Gasteiger charge is 2.34. The van der Waals surface area contributed by atoms with Crippen LogP contribution in [-0.4, -0.2) is 29.2 Å². The van der Waals surface area contributed by atoms with Crippen molar-refractivity contribution in [3.8, 4) is 5.75 Å². The van der Waals surface area contributed by atoms with E-state index in [1.807, 2.05) is 48.7 Å². The predicted molar refractivity (Wildman–Crippen MR) is 98.7 cm³/mol. The van der Waals surface area contributed by atoms with Crippen molar-refractivity contribution < 1.29 is 14.1 Å². The topological polar surface area (TPSA) is 68.5 Å². The van der Waals surface area contributed by atoms with E-state index in [4.69, 9.17) is 9.26 Å². The molecule has 0 saturated carbocycles. The molecule has 1 aliphatic rings. The number of aromatic nitrogens is 2. The third-order valence-electron chi connectivity index (χ3n) is 4.34. The van der Waals surface area contributed by atoms with Crippen LogP contribution in [0.4, 0.5) is 5.69 Å². The van der Waals surface area contributed by atoms with Crippen molar-refractivity contribution in [3.05, 3.63) is 58.4 Å². The van der Waals surface area contributed by atoms with Gasteiger partial charge in [-0.05, 0) is 42.6 Å². The van der Waals surface area contributed by atoms with E-state index in [2.05, 4.69) is 10.1 Å². The van der Waals surface area contributed by atoms with Gasteiger partial charge < -0.3 is 14.2 Å². The minimum Gasteiger partial charge on any atom is -0.494 e. The van der Waals surface area contributed by atoms with Gasteiger partial charge in [-0.1, -0.05) is 11.2 Å². The summed E-state index contributed by atoms with van der Waals surface area (Å²) in [4.78, 5) is 19.9. The molecular weight excluding hydrogens is 350 g/mol. The van der Waals surface area contributed by atoms with Gasteiger partial charge in [0.05, 0.1) is 13.0 Å². The average molecular weight is 369 g/mol. The van der Waals surface area contributed by atoms with E-state index in [0.717, 1.165) is 11.4 Å². The lowest BCUT2D eigenvalue weighted by Crippen LogP contribution is -2.24. The molecule has 134 valence electrons. The van der Waals surface area contributed by atoms with Crippen molar-refractivity contribution in [2.45, 2.75) is 25.7 Å². The highest BCUT2D eigenvalue weighted by Crippen LogP contribution is 2.31. The number of nitrogens with zero attached hydrogens (tertiary/aromatic N) is 3. The molecule has 0 aliphatic carbocycles. The van der Waals surface area contributed by atoms with Gasteiger partial charge in [0.2, 0.25) is 11.8 Å². The monoisotopic (exact) mass is 369 g/mol. The first-order valence-corrected chi connectivity index (χ1v) is 9.49. The molecule has 2 aromatic heterocycles. The Morgan fingerprint density at radius 2 is 2.15 bits per heavy atom. The molecular formula is C19H19N3O3S. The zero-order valence-electron chi connectivity index (χ0n) is 14.4. The summed E-state index contributed by atoms with van der Waals surface area (Å²) in [6.45, 7) is 3.13. The first-order chi connectivity index (χ1) is 12.7. The number of amides is 1. The molecule has 3 aromatic rings. The van der Waals surface area contributed by atoms with Gasteiger partial charge in [0, 0.05) is 29.4 Å². The summed E-state index contributed by atoms with van der Waals surface area (Å²) in [5, 5.41) is 6.12. The fraction of sp³-hybridized carbons (Fsp3) is 0.316. The van der Waals surface area contributed by atoms with Gasteiger partial charge in [-0.15, -0.1) is 11.3 Å². The first-order valence-electron chi connectivity index (χ1n) is 8.61. The third-order valence-corrected chi connectivity index (χ3v) is 5.22. The Kier molecular flexibility index (Phi) is 4.71. The van der Waals surface area contributed by atoms with Gasteiger partial charge in [0.25, 0.3) is 0 Å². The summed E-state index contributed by atoms with van der Waals surface area (Å²) < 4.78 is 10.8. The Hall–Kier alpha value is -2.67. The van der Waals surface area contributed by atoms with Crippen molar-refractivity contribution in [1.82, 2.24) is 10.1 Å². The Labute approximate surface area is 155 Å². The SMILES string of the molecule is CCOc1ccc(N2CC(c3noc(Cc4cccs4)n3)CC2=O)cc1. The maximum Gasteiger partial charge on any atom is 0.231 e. The van der Waals surface area contributed by atoms with E-state index in [9.17, 15) is 4.79 Å². The lowest BCUT2D eigenvalue weighted by molar-refractivity contribution is -0.117. The van der Waals surface area contributed by atoms with Crippen LogP contribution < -0.4 is 9.64 Å². The highest BCUT2D eigenvalue weighted by atomic mass is 32.1. The zero-order chi connectivity index (χ0) is 17.9. The highest BCUT2D eigenvalue weighted by molar-refractivity contribution is 7.09. The van der Waals surface area contributed by atoms with E-state index in [1.165, 1.54) is 4.88 Å². The number of hydrogen-bond donors (Lipinski definition) is 0. The van der Waals surface area contributed by atoms with Gasteiger partial charge >= 0.3 is 0 Å². The molecule has 0 N–H and O–H groups in total. The molecule has 1 unspecified atom stereocenters. The molecule has 1 aromatic carbocycles. The summed E-state index contributed by atoms with van der Waals surface area (Å²) in [5.41, 5.74) is 0.864. The molecule has 1 fully saturated rings. The second-order valence-electron chi connectivity index (χ2n) is 6.13. The average Bonchev–Trinajstić information content (AvgIpc) is 3.38. The van der Waals surface area contributed by atoms with Crippen LogP contribution in [0.5, 0.6) is 5.75 Å². The van der Waals surface area contributed by atoms with E-state index < -0.39 is 0 Å². The molecule has 4 rings (SSSR count). The second-order valence-corrected chi connectivity index (χ2v) is 7.17. The fourth-order valence-electron chi connectivity index (χ4n) is 3.09. The van der Waals surface area contributed by atoms with Crippen molar-refractivity contribution in [1.29, 1.82) is 0 Å². The Balaban J connectivity index is 1.45. The van der Waals surface area contributed by atoms with Crippen molar-refractivity contribution in [2.24, 2.45) is 0 Å². The Bertz CT molecular complexity index is 874. The van der Waals surface area contributed by atoms with Crippen LogP contribution in [0.2, 0.25) is 0 Å². The number of thiophene rings is 1. The molecule has 0 spiro atoms. The van der Waals surface area contributed by atoms with Gasteiger partial charge in [0.1, 0.15) is 5.75 Å². The van der Waals surface area contributed by atoms with Gasteiger partial charge in [-0.3, -0.25) is 4.79 Å². The van der Waals surface area contributed by atoms with Crippen LogP contribution in [0.3, 0.4) is 0 Å². The van der Waals surface area contributed by atoms with Crippen LogP contribution in [-0.2, 0) is 11.2 Å². The first kappa shape index (κ1) is 16.8. The van der Waals surface area contributed by atoms with Crippen LogP contribution in [0, 0.1) is 0 Å². The van der Waals surface area contributed by atoms with E-state index in [0.29, 0.717) is 37.7 Å². The van der Waals surface area contributed by atoms with Crippen molar-refractivity contribution in [3.63, 3.8) is 0 Å². The smallest absolute Gasteiger partial charge is 0.231 e. The number of anilines is 1. The molecule has 26 heavy (non-hydrogen) atoms. The van der Waals surface area contributed by atoms with Crippen LogP contribution >= 0.6 is 11.3 Å². The third kappa shape index (κ3) is 3.48.